The molecule has 1 fully saturated rings. The average molecular weight is 420 g/mol. The van der Waals surface area contributed by atoms with E-state index in [0.29, 0.717) is 12.2 Å². The Morgan fingerprint density at radius 1 is 1.23 bits per heavy atom. The normalized spacial score (nSPS) is 17.2. The molecule has 1 heterocycles. The third kappa shape index (κ3) is 5.90. The molecular formula is C21H22F2N2O5. The molecule has 0 aliphatic carbocycles. The molecule has 7 nitrogen and oxygen atoms in total. The fourth-order valence-electron chi connectivity index (χ4n) is 2.93. The second kappa shape index (κ2) is 10.0. The van der Waals surface area contributed by atoms with Crippen LogP contribution < -0.4 is 10.1 Å². The number of nitrogens with one attached hydrogen (secondary N) is 1. The zero-order valence-electron chi connectivity index (χ0n) is 16.3. The Hall–Kier alpha value is -3.20. The molecule has 1 aliphatic heterocycles. The van der Waals surface area contributed by atoms with Gasteiger partial charge in [-0.3, -0.25) is 10.1 Å². The monoisotopic (exact) mass is 420 g/mol. The van der Waals surface area contributed by atoms with Gasteiger partial charge in [0.1, 0.15) is 18.5 Å². The molecule has 2 atom stereocenters. The van der Waals surface area contributed by atoms with Crippen LogP contribution in [0.4, 0.5) is 19.3 Å². The van der Waals surface area contributed by atoms with Crippen LogP contribution in [0.1, 0.15) is 6.92 Å². The summed E-state index contributed by atoms with van der Waals surface area (Å²) in [4.78, 5) is 26.1. The lowest BCUT2D eigenvalue weighted by Crippen LogP contribution is -2.51. The van der Waals surface area contributed by atoms with E-state index in [-0.39, 0.29) is 31.4 Å². The van der Waals surface area contributed by atoms with Crippen molar-refractivity contribution in [3.05, 3.63) is 60.2 Å². The first kappa shape index (κ1) is 21.5. The van der Waals surface area contributed by atoms with Crippen LogP contribution in [-0.2, 0) is 14.3 Å². The molecule has 0 bridgehead atoms. The number of amides is 2. The fourth-order valence-corrected chi connectivity index (χ4v) is 2.93. The number of hydrogen-bond acceptors (Lipinski definition) is 5. The van der Waals surface area contributed by atoms with Crippen LogP contribution in [0.5, 0.6) is 5.75 Å². The number of para-hydroxylation sites is 1. The lowest BCUT2D eigenvalue weighted by atomic mass is 10.2. The van der Waals surface area contributed by atoms with Crippen LogP contribution in [0.25, 0.3) is 0 Å². The first-order valence-corrected chi connectivity index (χ1v) is 9.43. The van der Waals surface area contributed by atoms with E-state index in [0.717, 1.165) is 18.2 Å². The molecule has 2 amide bonds. The van der Waals surface area contributed by atoms with Gasteiger partial charge in [0.05, 0.1) is 13.2 Å². The largest absolute Gasteiger partial charge is 0.488 e. The summed E-state index contributed by atoms with van der Waals surface area (Å²) in [5, 5.41) is 2.54. The Morgan fingerprint density at radius 2 is 2.00 bits per heavy atom. The van der Waals surface area contributed by atoms with Crippen molar-refractivity contribution in [3.8, 4) is 5.75 Å². The van der Waals surface area contributed by atoms with Crippen molar-refractivity contribution in [3.63, 3.8) is 0 Å². The minimum absolute atomic E-state index is 0.0616. The maximum absolute atomic E-state index is 13.7. The molecule has 9 heteroatoms. The summed E-state index contributed by atoms with van der Waals surface area (Å²) >= 11 is 0. The van der Waals surface area contributed by atoms with E-state index in [1.807, 2.05) is 6.07 Å². The second-order valence-corrected chi connectivity index (χ2v) is 6.70. The molecule has 1 unspecified atom stereocenters. The van der Waals surface area contributed by atoms with Crippen molar-refractivity contribution in [1.82, 2.24) is 4.90 Å². The standard InChI is InChI=1S/C21H22F2N2O5/c1-14(30-21(27)24-16-5-3-2-4-6-16)20(26)25-9-10-28-17(12-25)13-29-19-11-15(22)7-8-18(19)23/h2-8,11,14,17H,9-10,12-13H2,1H3,(H,24,27)/t14-,17?/m1/s1. The van der Waals surface area contributed by atoms with Gasteiger partial charge in [-0.1, -0.05) is 18.2 Å². The lowest BCUT2D eigenvalue weighted by molar-refractivity contribution is -0.147. The number of halogens is 2. The summed E-state index contributed by atoms with van der Waals surface area (Å²) < 4.78 is 42.9. The van der Waals surface area contributed by atoms with Crippen molar-refractivity contribution in [2.75, 3.05) is 31.6 Å². The topological polar surface area (TPSA) is 77.1 Å². The zero-order valence-corrected chi connectivity index (χ0v) is 16.3. The molecule has 160 valence electrons. The highest BCUT2D eigenvalue weighted by Crippen LogP contribution is 2.19. The number of morpholine rings is 1. The van der Waals surface area contributed by atoms with Gasteiger partial charge in [0.2, 0.25) is 0 Å². The lowest BCUT2D eigenvalue weighted by Gasteiger charge is -2.34. The molecule has 1 aliphatic rings. The molecule has 0 radical (unpaired) electrons. The van der Waals surface area contributed by atoms with Crippen LogP contribution >= 0.6 is 0 Å². The van der Waals surface area contributed by atoms with Crippen molar-refractivity contribution in [2.45, 2.75) is 19.1 Å². The molecule has 0 spiro atoms. The van der Waals surface area contributed by atoms with E-state index < -0.39 is 29.9 Å². The average Bonchev–Trinajstić information content (AvgIpc) is 2.74. The quantitative estimate of drug-likeness (QED) is 0.777. The third-order valence-electron chi connectivity index (χ3n) is 4.42. The van der Waals surface area contributed by atoms with Crippen LogP contribution in [0.15, 0.2) is 48.5 Å². The molecule has 1 saturated heterocycles. The second-order valence-electron chi connectivity index (χ2n) is 6.70. The van der Waals surface area contributed by atoms with Gasteiger partial charge >= 0.3 is 6.09 Å². The fraction of sp³-hybridized carbons (Fsp3) is 0.333. The van der Waals surface area contributed by atoms with Gasteiger partial charge in [-0.15, -0.1) is 0 Å². The van der Waals surface area contributed by atoms with Crippen molar-refractivity contribution >= 4 is 17.7 Å². The number of carbonyl (C=O) groups is 2. The van der Waals surface area contributed by atoms with Gasteiger partial charge in [-0.05, 0) is 31.2 Å². The molecular weight excluding hydrogens is 398 g/mol. The van der Waals surface area contributed by atoms with Crippen LogP contribution in [-0.4, -0.2) is 55.4 Å². The van der Waals surface area contributed by atoms with E-state index in [1.165, 1.54) is 11.8 Å². The molecule has 2 aromatic carbocycles. The predicted molar refractivity (Wildman–Crippen MR) is 104 cm³/mol. The van der Waals surface area contributed by atoms with E-state index in [1.54, 1.807) is 24.3 Å². The van der Waals surface area contributed by atoms with Gasteiger partial charge < -0.3 is 19.1 Å². The zero-order chi connectivity index (χ0) is 21.5. The predicted octanol–water partition coefficient (Wildman–Crippen LogP) is 3.21. The van der Waals surface area contributed by atoms with Gasteiger partial charge in [-0.2, -0.15) is 0 Å². The maximum Gasteiger partial charge on any atom is 0.412 e. The SMILES string of the molecule is C[C@@H](OC(=O)Nc1ccccc1)C(=O)N1CCOC(COc2cc(F)ccc2F)C1. The molecule has 0 saturated carbocycles. The third-order valence-corrected chi connectivity index (χ3v) is 4.42. The number of benzene rings is 2. The van der Waals surface area contributed by atoms with Gasteiger partial charge in [-0.25, -0.2) is 13.6 Å². The first-order chi connectivity index (χ1) is 14.4. The summed E-state index contributed by atoms with van der Waals surface area (Å²) in [5.74, 6) is -1.92. The van der Waals surface area contributed by atoms with Gasteiger partial charge in [0, 0.05) is 18.3 Å². The highest BCUT2D eigenvalue weighted by atomic mass is 19.1. The van der Waals surface area contributed by atoms with E-state index >= 15 is 0 Å². The summed E-state index contributed by atoms with van der Waals surface area (Å²) in [6.45, 7) is 2.15. The number of carbonyl (C=O) groups excluding carboxylic acids is 2. The Bertz CT molecular complexity index is 881. The van der Waals surface area contributed by atoms with Gasteiger partial charge in [0.25, 0.3) is 5.91 Å². The molecule has 2 aromatic rings. The minimum atomic E-state index is -1.01. The van der Waals surface area contributed by atoms with E-state index in [2.05, 4.69) is 5.32 Å². The highest BCUT2D eigenvalue weighted by Gasteiger charge is 2.29. The Morgan fingerprint density at radius 3 is 2.77 bits per heavy atom. The Kier molecular flexibility index (Phi) is 7.18. The smallest absolute Gasteiger partial charge is 0.412 e. The summed E-state index contributed by atoms with van der Waals surface area (Å²) in [5.41, 5.74) is 0.551. The minimum Gasteiger partial charge on any atom is -0.488 e. The molecule has 1 N–H and O–H groups in total. The number of anilines is 1. The summed E-state index contributed by atoms with van der Waals surface area (Å²) in [6.07, 6.45) is -2.28. The first-order valence-electron chi connectivity index (χ1n) is 9.43. The number of nitrogens with zero attached hydrogens (tertiary/aromatic N) is 1. The Balaban J connectivity index is 1.49. The van der Waals surface area contributed by atoms with E-state index in [9.17, 15) is 18.4 Å². The van der Waals surface area contributed by atoms with Crippen LogP contribution in [0, 0.1) is 11.6 Å². The van der Waals surface area contributed by atoms with Crippen LogP contribution in [0.2, 0.25) is 0 Å². The Labute approximate surface area is 172 Å². The van der Waals surface area contributed by atoms with E-state index in [4.69, 9.17) is 14.2 Å². The molecule has 3 rings (SSSR count). The van der Waals surface area contributed by atoms with Crippen molar-refractivity contribution in [1.29, 1.82) is 0 Å². The number of hydrogen-bond donors (Lipinski definition) is 1. The highest BCUT2D eigenvalue weighted by molar-refractivity contribution is 5.88. The molecule has 0 aromatic heterocycles. The van der Waals surface area contributed by atoms with Crippen molar-refractivity contribution < 1.29 is 32.6 Å². The van der Waals surface area contributed by atoms with Crippen molar-refractivity contribution in [2.24, 2.45) is 0 Å². The summed E-state index contributed by atoms with van der Waals surface area (Å²) in [7, 11) is 0. The summed E-state index contributed by atoms with van der Waals surface area (Å²) in [6, 6.07) is 11.6. The van der Waals surface area contributed by atoms with Gasteiger partial charge in [0.15, 0.2) is 17.7 Å². The van der Waals surface area contributed by atoms with Crippen LogP contribution in [0.3, 0.4) is 0 Å². The maximum atomic E-state index is 13.7. The number of rotatable bonds is 6. The number of ether oxygens (including phenoxy) is 3. The molecule has 30 heavy (non-hydrogen) atoms.